The van der Waals surface area contributed by atoms with Gasteiger partial charge in [0.25, 0.3) is 0 Å². The van der Waals surface area contributed by atoms with Crippen molar-refractivity contribution >= 4 is 25.1 Å². The number of fused-ring (bicyclic) bond motifs is 1. The maximum Gasteiger partial charge on any atom is 0.335 e. The van der Waals surface area contributed by atoms with Crippen molar-refractivity contribution in [1.82, 2.24) is 0 Å². The summed E-state index contributed by atoms with van der Waals surface area (Å²) >= 11 is 0. The summed E-state index contributed by atoms with van der Waals surface area (Å²) in [5.74, 6) is -0.258. The van der Waals surface area contributed by atoms with Crippen molar-refractivity contribution in [2.45, 2.75) is 19.6 Å². The molecule has 0 amide bonds. The van der Waals surface area contributed by atoms with Crippen LogP contribution >= 0.6 is 0 Å². The smallest absolute Gasteiger partial charge is 0.335 e. The van der Waals surface area contributed by atoms with Crippen molar-refractivity contribution in [1.29, 1.82) is 0 Å². The van der Waals surface area contributed by atoms with E-state index in [-0.39, 0.29) is 5.56 Å². The van der Waals surface area contributed by atoms with E-state index in [9.17, 15) is 4.79 Å². The fourth-order valence-electron chi connectivity index (χ4n) is 1.81. The minimum absolute atomic E-state index is 0.266. The van der Waals surface area contributed by atoms with Gasteiger partial charge in [-0.05, 0) is 37.2 Å². The van der Waals surface area contributed by atoms with Crippen molar-refractivity contribution in [3.63, 3.8) is 0 Å². The fourth-order valence-corrected chi connectivity index (χ4v) is 2.64. The Balaban J connectivity index is 2.64. The molecule has 94 valence electrons. The highest BCUT2D eigenvalue weighted by Crippen LogP contribution is 2.29. The van der Waals surface area contributed by atoms with E-state index in [1.165, 1.54) is 0 Å². The molecule has 4 heteroatoms. The number of hydrogen-bond acceptors (Lipinski definition) is 2. The van der Waals surface area contributed by atoms with Crippen molar-refractivity contribution in [3.8, 4) is 5.75 Å². The Bertz CT molecular complexity index is 600. The third-order valence-corrected chi connectivity index (χ3v) is 3.32. The number of benzene rings is 2. The van der Waals surface area contributed by atoms with Gasteiger partial charge in [-0.3, -0.25) is 0 Å². The topological polar surface area (TPSA) is 46.5 Å². The first-order chi connectivity index (χ1) is 8.37. The van der Waals surface area contributed by atoms with E-state index in [2.05, 4.69) is 19.6 Å². The summed E-state index contributed by atoms with van der Waals surface area (Å²) in [6.07, 6.45) is 0. The SMILES string of the molecule is C[Si](C)(C)Oc1cc(C(=O)O)cc2ccccc12. The van der Waals surface area contributed by atoms with Crippen LogP contribution in [0.5, 0.6) is 5.75 Å². The van der Waals surface area contributed by atoms with Crippen LogP contribution in [0.3, 0.4) is 0 Å². The third kappa shape index (κ3) is 2.71. The molecule has 0 aliphatic rings. The summed E-state index contributed by atoms with van der Waals surface area (Å²) in [4.78, 5) is 11.1. The van der Waals surface area contributed by atoms with Gasteiger partial charge in [0.1, 0.15) is 5.75 Å². The number of carboxylic acids is 1. The molecular weight excluding hydrogens is 244 g/mol. The van der Waals surface area contributed by atoms with Gasteiger partial charge >= 0.3 is 5.97 Å². The molecule has 2 aromatic rings. The normalized spacial score (nSPS) is 11.5. The summed E-state index contributed by atoms with van der Waals surface area (Å²) in [6, 6.07) is 11.0. The Labute approximate surface area is 107 Å². The molecule has 2 rings (SSSR count). The second-order valence-corrected chi connectivity index (χ2v) is 9.64. The average Bonchev–Trinajstić information content (AvgIpc) is 2.26. The minimum atomic E-state index is -1.77. The van der Waals surface area contributed by atoms with Gasteiger partial charge < -0.3 is 9.53 Å². The van der Waals surface area contributed by atoms with Crippen molar-refractivity contribution < 1.29 is 14.3 Å². The van der Waals surface area contributed by atoms with Crippen LogP contribution in [0, 0.1) is 0 Å². The second kappa shape index (κ2) is 4.46. The van der Waals surface area contributed by atoms with E-state index in [1.807, 2.05) is 24.3 Å². The number of rotatable bonds is 3. The molecule has 0 fully saturated rings. The van der Waals surface area contributed by atoms with E-state index in [4.69, 9.17) is 9.53 Å². The van der Waals surface area contributed by atoms with Gasteiger partial charge in [-0.2, -0.15) is 0 Å². The van der Waals surface area contributed by atoms with Crippen LogP contribution in [0.4, 0.5) is 0 Å². The molecule has 2 aromatic carbocycles. The summed E-state index contributed by atoms with van der Waals surface area (Å²) in [7, 11) is -1.77. The molecular formula is C14H16O3Si. The standard InChI is InChI=1S/C14H16O3Si/c1-18(2,3)17-13-9-11(14(15)16)8-10-6-4-5-7-12(10)13/h4-9H,1-3H3,(H,15,16). The first-order valence-electron chi connectivity index (χ1n) is 5.82. The molecule has 0 spiro atoms. The van der Waals surface area contributed by atoms with E-state index < -0.39 is 14.3 Å². The van der Waals surface area contributed by atoms with E-state index in [0.29, 0.717) is 5.75 Å². The van der Waals surface area contributed by atoms with E-state index in [1.54, 1.807) is 12.1 Å². The molecule has 0 heterocycles. The zero-order valence-corrected chi connectivity index (χ0v) is 11.7. The highest BCUT2D eigenvalue weighted by molar-refractivity contribution is 6.70. The van der Waals surface area contributed by atoms with Crippen LogP contribution in [-0.4, -0.2) is 19.4 Å². The lowest BCUT2D eigenvalue weighted by Gasteiger charge is -2.21. The summed E-state index contributed by atoms with van der Waals surface area (Å²) in [5.41, 5.74) is 0.266. The first-order valence-corrected chi connectivity index (χ1v) is 9.23. The van der Waals surface area contributed by atoms with Gasteiger partial charge in [-0.1, -0.05) is 24.3 Å². The minimum Gasteiger partial charge on any atom is -0.544 e. The Morgan fingerprint density at radius 2 is 1.83 bits per heavy atom. The van der Waals surface area contributed by atoms with Crippen LogP contribution < -0.4 is 4.43 Å². The van der Waals surface area contributed by atoms with E-state index >= 15 is 0 Å². The molecule has 0 saturated carbocycles. The molecule has 0 aromatic heterocycles. The molecule has 0 atom stereocenters. The monoisotopic (exact) mass is 260 g/mol. The average molecular weight is 260 g/mol. The summed E-state index contributed by atoms with van der Waals surface area (Å²) < 4.78 is 5.98. The predicted octanol–water partition coefficient (Wildman–Crippen LogP) is 3.75. The quantitative estimate of drug-likeness (QED) is 0.855. The van der Waals surface area contributed by atoms with Gasteiger partial charge in [0.05, 0.1) is 5.56 Å². The maximum absolute atomic E-state index is 11.1. The molecule has 18 heavy (non-hydrogen) atoms. The fraction of sp³-hybridized carbons (Fsp3) is 0.214. The van der Waals surface area contributed by atoms with Gasteiger partial charge in [0.15, 0.2) is 0 Å². The molecule has 3 nitrogen and oxygen atoms in total. The lowest BCUT2D eigenvalue weighted by Crippen LogP contribution is -2.29. The molecule has 0 aliphatic heterocycles. The first kappa shape index (κ1) is 12.6. The van der Waals surface area contributed by atoms with Crippen LogP contribution in [0.25, 0.3) is 10.8 Å². The highest BCUT2D eigenvalue weighted by Gasteiger charge is 2.19. The predicted molar refractivity (Wildman–Crippen MR) is 74.9 cm³/mol. The van der Waals surface area contributed by atoms with Crippen molar-refractivity contribution in [3.05, 3.63) is 42.0 Å². The van der Waals surface area contributed by atoms with Gasteiger partial charge in [0.2, 0.25) is 8.32 Å². The lowest BCUT2D eigenvalue weighted by atomic mass is 10.1. The summed E-state index contributed by atoms with van der Waals surface area (Å²) in [5, 5.41) is 11.0. The molecule has 0 radical (unpaired) electrons. The number of aromatic carboxylic acids is 1. The third-order valence-electron chi connectivity index (χ3n) is 2.49. The highest BCUT2D eigenvalue weighted by atomic mass is 28.4. The van der Waals surface area contributed by atoms with Crippen LogP contribution in [-0.2, 0) is 0 Å². The molecule has 0 saturated heterocycles. The number of carboxylic acid groups (broad SMARTS) is 1. The molecule has 0 bridgehead atoms. The van der Waals surface area contributed by atoms with Crippen molar-refractivity contribution in [2.24, 2.45) is 0 Å². The van der Waals surface area contributed by atoms with Gasteiger partial charge in [-0.25, -0.2) is 4.79 Å². The number of hydrogen-bond donors (Lipinski definition) is 1. The van der Waals surface area contributed by atoms with E-state index in [0.717, 1.165) is 10.8 Å². The zero-order chi connectivity index (χ0) is 13.3. The molecule has 0 aliphatic carbocycles. The lowest BCUT2D eigenvalue weighted by molar-refractivity contribution is 0.0696. The van der Waals surface area contributed by atoms with Crippen LogP contribution in [0.1, 0.15) is 10.4 Å². The Morgan fingerprint density at radius 3 is 2.44 bits per heavy atom. The Hall–Kier alpha value is -1.81. The van der Waals surface area contributed by atoms with Crippen LogP contribution in [0.2, 0.25) is 19.6 Å². The second-order valence-electron chi connectivity index (χ2n) is 5.22. The van der Waals surface area contributed by atoms with Gasteiger partial charge in [0, 0.05) is 5.39 Å². The van der Waals surface area contributed by atoms with Crippen molar-refractivity contribution in [2.75, 3.05) is 0 Å². The number of carbonyl (C=O) groups is 1. The Kier molecular flexibility index (Phi) is 3.13. The maximum atomic E-state index is 11.1. The molecule has 0 unspecified atom stereocenters. The summed E-state index contributed by atoms with van der Waals surface area (Å²) in [6.45, 7) is 6.24. The Morgan fingerprint density at radius 1 is 1.17 bits per heavy atom. The van der Waals surface area contributed by atoms with Crippen LogP contribution in [0.15, 0.2) is 36.4 Å². The molecule has 1 N–H and O–H groups in total. The van der Waals surface area contributed by atoms with Gasteiger partial charge in [-0.15, -0.1) is 0 Å². The largest absolute Gasteiger partial charge is 0.544 e. The zero-order valence-electron chi connectivity index (χ0n) is 10.7.